The molecule has 3 aliphatic rings. The van der Waals surface area contributed by atoms with Crippen molar-refractivity contribution < 1.29 is 89.4 Å². The number of nitrogens with one attached hydrogen (secondary N) is 1. The molecule has 0 aromatic heterocycles. The van der Waals surface area contributed by atoms with Gasteiger partial charge in [-0.2, -0.15) is 0 Å². The molecule has 12 N–H and O–H groups in total. The van der Waals surface area contributed by atoms with Crippen LogP contribution in [0.1, 0.15) is 213 Å². The van der Waals surface area contributed by atoms with E-state index in [0.29, 0.717) is 12.8 Å². The number of amides is 1. The molecule has 0 aliphatic carbocycles. The van der Waals surface area contributed by atoms with Crippen LogP contribution in [0.3, 0.4) is 0 Å². The molecule has 3 heterocycles. The number of rotatable bonds is 45. The van der Waals surface area contributed by atoms with Crippen molar-refractivity contribution in [2.24, 2.45) is 0 Å². The Labute approximate surface area is 467 Å². The quantitative estimate of drug-likeness (QED) is 0.0263. The molecule has 0 spiro atoms. The van der Waals surface area contributed by atoms with E-state index < -0.39 is 124 Å². The monoisotopic (exact) mass is 1120 g/mol. The normalized spacial score (nSPS) is 30.6. The van der Waals surface area contributed by atoms with E-state index >= 15 is 0 Å². The second-order valence-corrected chi connectivity index (χ2v) is 22.2. The fraction of sp³-hybridized carbons (Fsp3) is 0.915. The van der Waals surface area contributed by atoms with Crippen molar-refractivity contribution in [1.82, 2.24) is 5.32 Å². The van der Waals surface area contributed by atoms with Crippen LogP contribution in [-0.4, -0.2) is 193 Å². The fourth-order valence-electron chi connectivity index (χ4n) is 10.4. The third kappa shape index (κ3) is 26.7. The number of carbonyl (C=O) groups excluding carboxylic acids is 1. The molecule has 17 atom stereocenters. The minimum Gasteiger partial charge on any atom is -0.394 e. The first-order chi connectivity index (χ1) is 37.8. The van der Waals surface area contributed by atoms with Gasteiger partial charge in [-0.25, -0.2) is 0 Å². The lowest BCUT2D eigenvalue weighted by atomic mass is 9.96. The van der Waals surface area contributed by atoms with E-state index in [1.54, 1.807) is 6.08 Å². The van der Waals surface area contributed by atoms with Crippen LogP contribution in [-0.2, 0) is 33.2 Å². The van der Waals surface area contributed by atoms with Crippen molar-refractivity contribution in [3.63, 3.8) is 0 Å². The molecular formula is C59H109NO18. The first-order valence-electron chi connectivity index (χ1n) is 30.6. The molecule has 78 heavy (non-hydrogen) atoms. The molecule has 0 bridgehead atoms. The first-order valence-corrected chi connectivity index (χ1v) is 30.6. The maximum absolute atomic E-state index is 13.3. The number of unbranched alkanes of at least 4 members (excludes halogenated alkanes) is 27. The molecular weight excluding hydrogens is 1010 g/mol. The van der Waals surface area contributed by atoms with E-state index in [2.05, 4.69) is 31.3 Å². The molecule has 0 saturated carbocycles. The van der Waals surface area contributed by atoms with E-state index in [0.717, 1.165) is 38.5 Å². The van der Waals surface area contributed by atoms with Gasteiger partial charge in [0.1, 0.15) is 73.2 Å². The van der Waals surface area contributed by atoms with Gasteiger partial charge in [0.05, 0.1) is 38.6 Å². The average molecular weight is 1120 g/mol. The molecule has 458 valence electrons. The van der Waals surface area contributed by atoms with Crippen molar-refractivity contribution in [1.29, 1.82) is 0 Å². The summed E-state index contributed by atoms with van der Waals surface area (Å²) in [5.74, 6) is -0.284. The molecule has 1 amide bonds. The zero-order chi connectivity index (χ0) is 56.9. The largest absolute Gasteiger partial charge is 0.394 e. The lowest BCUT2D eigenvalue weighted by Gasteiger charge is -2.48. The Morgan fingerprint density at radius 2 is 0.821 bits per heavy atom. The van der Waals surface area contributed by atoms with Crippen LogP contribution in [0.15, 0.2) is 24.3 Å². The molecule has 0 radical (unpaired) electrons. The highest BCUT2D eigenvalue weighted by atomic mass is 16.8. The lowest BCUT2D eigenvalue weighted by Crippen LogP contribution is -2.66. The number of aliphatic hydroxyl groups is 11. The van der Waals surface area contributed by atoms with E-state index in [1.165, 1.54) is 141 Å². The lowest BCUT2D eigenvalue weighted by molar-refractivity contribution is -0.379. The number of allylic oxidation sites excluding steroid dienone is 3. The van der Waals surface area contributed by atoms with Crippen molar-refractivity contribution in [2.75, 3.05) is 26.4 Å². The zero-order valence-corrected chi connectivity index (χ0v) is 47.7. The van der Waals surface area contributed by atoms with Crippen LogP contribution in [0.25, 0.3) is 0 Å². The summed E-state index contributed by atoms with van der Waals surface area (Å²) in [6, 6.07) is -0.984. The molecule has 3 saturated heterocycles. The summed E-state index contributed by atoms with van der Waals surface area (Å²) in [6.07, 6.45) is 17.3. The summed E-state index contributed by atoms with van der Waals surface area (Å²) < 4.78 is 34.2. The van der Waals surface area contributed by atoms with Crippen molar-refractivity contribution in [3.8, 4) is 0 Å². The summed E-state index contributed by atoms with van der Waals surface area (Å²) in [7, 11) is 0. The first kappa shape index (κ1) is 70.5. The van der Waals surface area contributed by atoms with Gasteiger partial charge in [0.25, 0.3) is 0 Å². The Kier molecular flexibility index (Phi) is 38.9. The van der Waals surface area contributed by atoms with Crippen LogP contribution in [0.2, 0.25) is 0 Å². The highest BCUT2D eigenvalue weighted by molar-refractivity contribution is 5.76. The predicted octanol–water partition coefficient (Wildman–Crippen LogP) is 5.54. The minimum atomic E-state index is -1.98. The molecule has 3 fully saturated rings. The number of hydrogen-bond acceptors (Lipinski definition) is 18. The van der Waals surface area contributed by atoms with Gasteiger partial charge in [0.2, 0.25) is 5.91 Å². The number of ether oxygens (including phenoxy) is 6. The summed E-state index contributed by atoms with van der Waals surface area (Å²) in [5.41, 5.74) is 0. The third-order valence-electron chi connectivity index (χ3n) is 15.5. The van der Waals surface area contributed by atoms with Gasteiger partial charge < -0.3 is 89.9 Å². The highest BCUT2D eigenvalue weighted by Crippen LogP contribution is 2.33. The smallest absolute Gasteiger partial charge is 0.220 e. The second-order valence-electron chi connectivity index (χ2n) is 22.2. The van der Waals surface area contributed by atoms with Gasteiger partial charge in [-0.05, 0) is 32.1 Å². The molecule has 0 aromatic rings. The standard InChI is InChI=1S/C59H109NO18/c1-3-5-7-9-11-13-15-17-19-20-21-23-24-26-28-30-32-34-36-43(64)42(60-47(65)37-35-33-31-29-27-25-22-18-16-14-12-10-8-6-4-2)41-73-57-53(71)50(68)55(45(39-62)75-57)78-59-54(72)51(69)56(46(40-63)76-59)77-58-52(70)49(67)48(66)44(38-61)74-58/h26,28,34,36,42-46,48-59,61-64,66-72H,3-25,27,29-33,35,37-41H2,1-2H3,(H,60,65)/b28-26+,36-34+. The topological polar surface area (TPSA) is 307 Å². The Balaban J connectivity index is 1.52. The molecule has 3 rings (SSSR count). The number of hydrogen-bond donors (Lipinski definition) is 12. The molecule has 3 aliphatic heterocycles. The fourth-order valence-corrected chi connectivity index (χ4v) is 10.4. The van der Waals surface area contributed by atoms with E-state index in [4.69, 9.17) is 28.4 Å². The Morgan fingerprint density at radius 3 is 1.28 bits per heavy atom. The molecule has 0 aromatic carbocycles. The van der Waals surface area contributed by atoms with Gasteiger partial charge in [0.15, 0.2) is 18.9 Å². The van der Waals surface area contributed by atoms with Crippen molar-refractivity contribution >= 4 is 5.91 Å². The number of aliphatic hydroxyl groups excluding tert-OH is 11. The highest BCUT2D eigenvalue weighted by Gasteiger charge is 2.53. The van der Waals surface area contributed by atoms with Gasteiger partial charge in [-0.1, -0.05) is 199 Å². The molecule has 17 unspecified atom stereocenters. The van der Waals surface area contributed by atoms with E-state index in [9.17, 15) is 61.0 Å². The van der Waals surface area contributed by atoms with Crippen molar-refractivity contribution in [2.45, 2.75) is 317 Å². The van der Waals surface area contributed by atoms with Crippen LogP contribution in [0.5, 0.6) is 0 Å². The Bertz CT molecular complexity index is 1530. The summed E-state index contributed by atoms with van der Waals surface area (Å²) in [4.78, 5) is 13.3. The van der Waals surface area contributed by atoms with Crippen LogP contribution < -0.4 is 5.32 Å². The van der Waals surface area contributed by atoms with Gasteiger partial charge in [-0.3, -0.25) is 4.79 Å². The van der Waals surface area contributed by atoms with Crippen LogP contribution >= 0.6 is 0 Å². The van der Waals surface area contributed by atoms with Crippen molar-refractivity contribution in [3.05, 3.63) is 24.3 Å². The van der Waals surface area contributed by atoms with E-state index in [1.807, 2.05) is 6.08 Å². The Morgan fingerprint density at radius 1 is 0.449 bits per heavy atom. The van der Waals surface area contributed by atoms with Gasteiger partial charge >= 0.3 is 0 Å². The maximum atomic E-state index is 13.3. The third-order valence-corrected chi connectivity index (χ3v) is 15.5. The Hall–Kier alpha value is -1.73. The number of carbonyl (C=O) groups is 1. The second kappa shape index (κ2) is 43.0. The maximum Gasteiger partial charge on any atom is 0.220 e. The molecule has 19 nitrogen and oxygen atoms in total. The minimum absolute atomic E-state index is 0.240. The predicted molar refractivity (Wildman–Crippen MR) is 296 cm³/mol. The van der Waals surface area contributed by atoms with Gasteiger partial charge in [-0.15, -0.1) is 0 Å². The summed E-state index contributed by atoms with van der Waals surface area (Å²) >= 11 is 0. The summed E-state index contributed by atoms with van der Waals surface area (Å²) in [5, 5.41) is 120. The van der Waals surface area contributed by atoms with Gasteiger partial charge in [0, 0.05) is 6.42 Å². The molecule has 19 heteroatoms. The summed E-state index contributed by atoms with van der Waals surface area (Å²) in [6.45, 7) is 1.71. The van der Waals surface area contributed by atoms with E-state index in [-0.39, 0.29) is 18.9 Å². The van der Waals surface area contributed by atoms with Crippen LogP contribution in [0, 0.1) is 0 Å². The van der Waals surface area contributed by atoms with Crippen LogP contribution in [0.4, 0.5) is 0 Å². The zero-order valence-electron chi connectivity index (χ0n) is 47.7. The SMILES string of the molecule is CCCCCCCCCCCCCC/C=C/CC/C=C/C(O)C(COC1OC(CO)C(OC2OC(CO)C(OC3OC(CO)C(O)C(O)C3O)C(O)C2O)C(O)C1O)NC(=O)CCCCCCCCCCCCCCCCC. The average Bonchev–Trinajstić information content (AvgIpc) is 3.47.